The Morgan fingerprint density at radius 2 is 1.96 bits per heavy atom. The van der Waals surface area contributed by atoms with E-state index in [0.29, 0.717) is 6.42 Å². The van der Waals surface area contributed by atoms with Crippen molar-refractivity contribution in [2.45, 2.75) is 65.8 Å². The van der Waals surface area contributed by atoms with Crippen molar-refractivity contribution in [3.8, 4) is 0 Å². The number of carbonyl (C=O) groups is 1. The SMILES string of the molecule is Cc1nn(C(C)(C)C)c2c1[C@H](c1ccccn1)C1=C(CC(C)(C)CC1=O)N2. The predicted octanol–water partition coefficient (Wildman–Crippen LogP) is 4.54. The first-order valence-corrected chi connectivity index (χ1v) is 9.63. The summed E-state index contributed by atoms with van der Waals surface area (Å²) in [6, 6.07) is 5.92. The number of hydrogen-bond donors (Lipinski definition) is 1. The Kier molecular flexibility index (Phi) is 3.85. The van der Waals surface area contributed by atoms with Crippen molar-refractivity contribution in [2.75, 3.05) is 5.32 Å². The van der Waals surface area contributed by atoms with Crippen molar-refractivity contribution in [1.29, 1.82) is 0 Å². The summed E-state index contributed by atoms with van der Waals surface area (Å²) in [6.45, 7) is 12.8. The Bertz CT molecular complexity index is 945. The Hall–Kier alpha value is -2.43. The van der Waals surface area contributed by atoms with Crippen LogP contribution < -0.4 is 5.32 Å². The standard InChI is InChI=1S/C22H28N4O/c1-13-17-19(14-9-7-8-10-23-14)18-15(11-22(5,6)12-16(18)27)24-20(17)26(25-13)21(2,3)4/h7-10,19,24H,11-12H2,1-6H3/t19-/m0/s1. The minimum Gasteiger partial charge on any atom is -0.343 e. The Morgan fingerprint density at radius 3 is 2.59 bits per heavy atom. The molecule has 1 atom stereocenters. The smallest absolute Gasteiger partial charge is 0.162 e. The molecule has 0 unspecified atom stereocenters. The van der Waals surface area contributed by atoms with Gasteiger partial charge in [0.2, 0.25) is 0 Å². The molecule has 5 heteroatoms. The number of carbonyl (C=O) groups excluding carboxylic acids is 1. The highest BCUT2D eigenvalue weighted by Gasteiger charge is 2.44. The summed E-state index contributed by atoms with van der Waals surface area (Å²) in [7, 11) is 0. The van der Waals surface area contributed by atoms with Gasteiger partial charge < -0.3 is 5.32 Å². The normalized spacial score (nSPS) is 21.6. The van der Waals surface area contributed by atoms with Crippen LogP contribution in [0.15, 0.2) is 35.7 Å². The molecule has 27 heavy (non-hydrogen) atoms. The molecule has 0 aromatic carbocycles. The molecule has 1 N–H and O–H groups in total. The van der Waals surface area contributed by atoms with Gasteiger partial charge in [0.05, 0.1) is 22.8 Å². The zero-order valence-corrected chi connectivity index (χ0v) is 17.1. The van der Waals surface area contributed by atoms with Crippen LogP contribution in [0.4, 0.5) is 5.82 Å². The molecule has 0 amide bonds. The van der Waals surface area contributed by atoms with Gasteiger partial charge in [-0.1, -0.05) is 19.9 Å². The molecule has 2 aliphatic rings. The minimum absolute atomic E-state index is 0.0449. The molecule has 0 saturated heterocycles. The Balaban J connectivity index is 1.99. The van der Waals surface area contributed by atoms with Crippen molar-refractivity contribution in [1.82, 2.24) is 14.8 Å². The fourth-order valence-corrected chi connectivity index (χ4v) is 4.40. The first-order chi connectivity index (χ1) is 12.6. The van der Waals surface area contributed by atoms with Crippen LogP contribution in [0.25, 0.3) is 0 Å². The molecule has 0 saturated carbocycles. The topological polar surface area (TPSA) is 59.8 Å². The van der Waals surface area contributed by atoms with E-state index in [-0.39, 0.29) is 22.7 Å². The van der Waals surface area contributed by atoms with Crippen molar-refractivity contribution in [3.63, 3.8) is 0 Å². The van der Waals surface area contributed by atoms with Crippen molar-refractivity contribution in [2.24, 2.45) is 5.41 Å². The molecule has 0 fully saturated rings. The van der Waals surface area contributed by atoms with Gasteiger partial charge >= 0.3 is 0 Å². The third-order valence-electron chi connectivity index (χ3n) is 5.49. The lowest BCUT2D eigenvalue weighted by molar-refractivity contribution is -0.118. The van der Waals surface area contributed by atoms with E-state index in [9.17, 15) is 4.79 Å². The van der Waals surface area contributed by atoms with E-state index in [1.54, 1.807) is 6.20 Å². The molecule has 1 aliphatic heterocycles. The average Bonchev–Trinajstić information content (AvgIpc) is 2.89. The van der Waals surface area contributed by atoms with E-state index in [2.05, 4.69) is 49.6 Å². The number of nitrogens with one attached hydrogen (secondary N) is 1. The van der Waals surface area contributed by atoms with Crippen molar-refractivity contribution >= 4 is 11.6 Å². The van der Waals surface area contributed by atoms with Crippen LogP contribution in [0.1, 0.15) is 70.3 Å². The number of anilines is 1. The summed E-state index contributed by atoms with van der Waals surface area (Å²) in [5.74, 6) is 1.06. The maximum Gasteiger partial charge on any atom is 0.162 e. The molecule has 4 rings (SSSR count). The molecule has 1 aliphatic carbocycles. The van der Waals surface area contributed by atoms with Gasteiger partial charge in [-0.25, -0.2) is 4.68 Å². The lowest BCUT2D eigenvalue weighted by atomic mass is 9.70. The third-order valence-corrected chi connectivity index (χ3v) is 5.49. The number of ketones is 1. The van der Waals surface area contributed by atoms with E-state index < -0.39 is 0 Å². The number of Topliss-reactive ketones (excluding diaryl/α,β-unsaturated/α-hetero) is 1. The number of fused-ring (bicyclic) bond motifs is 1. The van der Waals surface area contributed by atoms with Gasteiger partial charge in [0.15, 0.2) is 5.78 Å². The fourth-order valence-electron chi connectivity index (χ4n) is 4.40. The number of allylic oxidation sites excluding steroid dienone is 2. The van der Waals surface area contributed by atoms with Crippen LogP contribution >= 0.6 is 0 Å². The van der Waals surface area contributed by atoms with Gasteiger partial charge in [0.1, 0.15) is 5.82 Å². The minimum atomic E-state index is -0.160. The summed E-state index contributed by atoms with van der Waals surface area (Å²) in [5, 5.41) is 8.46. The highest BCUT2D eigenvalue weighted by atomic mass is 16.1. The highest BCUT2D eigenvalue weighted by Crippen LogP contribution is 2.50. The second kappa shape index (κ2) is 5.78. The van der Waals surface area contributed by atoms with Crippen LogP contribution in [-0.4, -0.2) is 20.5 Å². The molecule has 3 heterocycles. The highest BCUT2D eigenvalue weighted by molar-refractivity contribution is 6.01. The van der Waals surface area contributed by atoms with Gasteiger partial charge in [0, 0.05) is 29.5 Å². The number of hydrogen-bond acceptors (Lipinski definition) is 4. The molecule has 0 bridgehead atoms. The zero-order valence-electron chi connectivity index (χ0n) is 17.1. The number of rotatable bonds is 1. The lowest BCUT2D eigenvalue weighted by Crippen LogP contribution is -2.35. The van der Waals surface area contributed by atoms with Crippen LogP contribution in [0, 0.1) is 12.3 Å². The number of pyridine rings is 1. The van der Waals surface area contributed by atoms with Gasteiger partial charge in [-0.2, -0.15) is 5.10 Å². The fraction of sp³-hybridized carbons (Fsp3) is 0.500. The molecule has 0 spiro atoms. The molecule has 2 aromatic heterocycles. The number of aryl methyl sites for hydroxylation is 1. The predicted molar refractivity (Wildman–Crippen MR) is 107 cm³/mol. The van der Waals surface area contributed by atoms with E-state index in [1.165, 1.54) is 0 Å². The van der Waals surface area contributed by atoms with E-state index in [0.717, 1.165) is 40.5 Å². The molecule has 2 aromatic rings. The van der Waals surface area contributed by atoms with Crippen LogP contribution in [0.3, 0.4) is 0 Å². The van der Waals surface area contributed by atoms with Gasteiger partial charge in [0.25, 0.3) is 0 Å². The second-order valence-corrected chi connectivity index (χ2v) is 9.58. The molecule has 142 valence electrons. The number of nitrogens with zero attached hydrogens (tertiary/aromatic N) is 3. The van der Waals surface area contributed by atoms with E-state index in [4.69, 9.17) is 5.10 Å². The second-order valence-electron chi connectivity index (χ2n) is 9.58. The van der Waals surface area contributed by atoms with Crippen molar-refractivity contribution < 1.29 is 4.79 Å². The maximum atomic E-state index is 13.2. The van der Waals surface area contributed by atoms with Crippen LogP contribution in [-0.2, 0) is 10.3 Å². The molecule has 0 radical (unpaired) electrons. The quantitative estimate of drug-likeness (QED) is 0.807. The van der Waals surface area contributed by atoms with Crippen LogP contribution in [0.5, 0.6) is 0 Å². The lowest BCUT2D eigenvalue weighted by Gasteiger charge is -2.39. The summed E-state index contributed by atoms with van der Waals surface area (Å²) >= 11 is 0. The first-order valence-electron chi connectivity index (χ1n) is 9.63. The largest absolute Gasteiger partial charge is 0.343 e. The number of aromatic nitrogens is 3. The van der Waals surface area contributed by atoms with Gasteiger partial charge in [-0.05, 0) is 51.7 Å². The van der Waals surface area contributed by atoms with E-state index >= 15 is 0 Å². The molecule has 5 nitrogen and oxygen atoms in total. The van der Waals surface area contributed by atoms with E-state index in [1.807, 2.05) is 25.1 Å². The molecular formula is C22H28N4O. The summed E-state index contributed by atoms with van der Waals surface area (Å²) in [5.41, 5.74) is 4.64. The zero-order chi connectivity index (χ0) is 19.6. The summed E-state index contributed by atoms with van der Waals surface area (Å²) in [4.78, 5) is 17.8. The average molecular weight is 364 g/mol. The van der Waals surface area contributed by atoms with Gasteiger partial charge in [-0.3, -0.25) is 9.78 Å². The monoisotopic (exact) mass is 364 g/mol. The first kappa shape index (κ1) is 18.0. The van der Waals surface area contributed by atoms with Crippen LogP contribution in [0.2, 0.25) is 0 Å². The summed E-state index contributed by atoms with van der Waals surface area (Å²) in [6.07, 6.45) is 3.22. The van der Waals surface area contributed by atoms with Crippen molar-refractivity contribution in [3.05, 3.63) is 52.6 Å². The molecular weight excluding hydrogens is 336 g/mol. The summed E-state index contributed by atoms with van der Waals surface area (Å²) < 4.78 is 2.06. The maximum absolute atomic E-state index is 13.2. The van der Waals surface area contributed by atoms with Gasteiger partial charge in [-0.15, -0.1) is 0 Å². The Morgan fingerprint density at radius 1 is 1.22 bits per heavy atom. The third kappa shape index (κ3) is 2.89. The Labute approximate surface area is 160 Å².